The normalized spacial score (nSPS) is 27.9. The number of carbonyl (C=O) groups is 2. The van der Waals surface area contributed by atoms with Crippen LogP contribution in [-0.2, 0) is 5.60 Å². The van der Waals surface area contributed by atoms with Gasteiger partial charge in [-0.05, 0) is 41.0 Å². The molecule has 0 aliphatic heterocycles. The van der Waals surface area contributed by atoms with E-state index >= 15 is 0 Å². The Morgan fingerprint density at radius 1 is 0.962 bits per heavy atom. The fourth-order valence-electron chi connectivity index (χ4n) is 4.68. The van der Waals surface area contributed by atoms with Crippen molar-refractivity contribution in [2.75, 3.05) is 0 Å². The van der Waals surface area contributed by atoms with Crippen LogP contribution in [-0.4, -0.2) is 38.1 Å². The molecule has 3 aliphatic carbocycles. The fraction of sp³-hybridized carbons (Fsp3) is 0.200. The summed E-state index contributed by atoms with van der Waals surface area (Å²) in [7, 11) is 0. The van der Waals surface area contributed by atoms with Gasteiger partial charge in [0, 0.05) is 17.9 Å². The second kappa shape index (κ2) is 4.60. The van der Waals surface area contributed by atoms with Crippen LogP contribution >= 0.6 is 0 Å². The molecule has 0 amide bonds. The van der Waals surface area contributed by atoms with Crippen LogP contribution in [0.15, 0.2) is 36.4 Å². The average molecular weight is 350 g/mol. The van der Waals surface area contributed by atoms with Crippen molar-refractivity contribution < 1.29 is 30.0 Å². The van der Waals surface area contributed by atoms with Crippen molar-refractivity contribution in [3.63, 3.8) is 0 Å². The van der Waals surface area contributed by atoms with Crippen LogP contribution in [0.3, 0.4) is 0 Å². The Hall–Kier alpha value is -2.96. The maximum atomic E-state index is 12.4. The largest absolute Gasteiger partial charge is 0.507 e. The monoisotopic (exact) mass is 350 g/mol. The molecular weight excluding hydrogens is 336 g/mol. The third-order valence-electron chi connectivity index (χ3n) is 5.68. The number of benzene rings is 2. The van der Waals surface area contributed by atoms with Crippen LogP contribution in [0.4, 0.5) is 0 Å². The molecule has 6 heteroatoms. The molecule has 0 aromatic heterocycles. The first-order chi connectivity index (χ1) is 12.3. The Labute approximate surface area is 147 Å². The van der Waals surface area contributed by atoms with Gasteiger partial charge >= 0.3 is 0 Å². The summed E-state index contributed by atoms with van der Waals surface area (Å²) in [5, 5.41) is 42.6. The second-order valence-corrected chi connectivity index (χ2v) is 7.00. The zero-order valence-corrected chi connectivity index (χ0v) is 13.4. The molecular formula is C20H14O6. The van der Waals surface area contributed by atoms with E-state index in [1.165, 1.54) is 24.3 Å². The number of allylic oxidation sites excluding steroid dienone is 1. The van der Waals surface area contributed by atoms with Crippen LogP contribution < -0.4 is 0 Å². The molecule has 0 saturated heterocycles. The number of aliphatic hydroxyl groups excluding tert-OH is 1. The first-order valence-electron chi connectivity index (χ1n) is 8.24. The lowest BCUT2D eigenvalue weighted by Crippen LogP contribution is -2.47. The van der Waals surface area contributed by atoms with Crippen molar-refractivity contribution in [1.29, 1.82) is 0 Å². The van der Waals surface area contributed by atoms with Gasteiger partial charge in [-0.25, -0.2) is 0 Å². The Morgan fingerprint density at radius 2 is 1.62 bits per heavy atom. The molecule has 0 saturated carbocycles. The molecule has 130 valence electrons. The molecule has 0 unspecified atom stereocenters. The summed E-state index contributed by atoms with van der Waals surface area (Å²) in [4.78, 5) is 24.8. The number of phenolic OH excluding ortho intramolecular Hbond substituents is 2. The van der Waals surface area contributed by atoms with Gasteiger partial charge in [0.15, 0.2) is 11.6 Å². The summed E-state index contributed by atoms with van der Waals surface area (Å²) < 4.78 is 0. The highest BCUT2D eigenvalue weighted by Crippen LogP contribution is 2.58. The van der Waals surface area contributed by atoms with Crippen molar-refractivity contribution in [2.45, 2.75) is 24.0 Å². The Balaban J connectivity index is 2.00. The zero-order valence-electron chi connectivity index (χ0n) is 13.4. The van der Waals surface area contributed by atoms with Gasteiger partial charge in [0.2, 0.25) is 0 Å². The van der Waals surface area contributed by atoms with Crippen LogP contribution in [0.5, 0.6) is 11.5 Å². The van der Waals surface area contributed by atoms with Crippen molar-refractivity contribution in [3.05, 3.63) is 58.7 Å². The molecule has 3 atom stereocenters. The Bertz CT molecular complexity index is 1070. The second-order valence-electron chi connectivity index (χ2n) is 7.00. The van der Waals surface area contributed by atoms with Crippen LogP contribution in [0, 0.1) is 0 Å². The molecule has 2 aromatic rings. The summed E-state index contributed by atoms with van der Waals surface area (Å²) in [6.45, 7) is 0. The lowest BCUT2D eigenvalue weighted by atomic mass is 9.59. The summed E-state index contributed by atoms with van der Waals surface area (Å²) in [6, 6.07) is 5.93. The predicted molar refractivity (Wildman–Crippen MR) is 90.3 cm³/mol. The maximum Gasteiger partial charge on any atom is 0.189 e. The highest BCUT2D eigenvalue weighted by Gasteiger charge is 2.54. The van der Waals surface area contributed by atoms with Crippen molar-refractivity contribution in [1.82, 2.24) is 0 Å². The van der Waals surface area contributed by atoms with Crippen molar-refractivity contribution in [2.24, 2.45) is 0 Å². The van der Waals surface area contributed by atoms with E-state index in [0.29, 0.717) is 16.7 Å². The number of hydrogen-bond donors (Lipinski definition) is 4. The number of fused-ring (bicyclic) bond motifs is 2. The van der Waals surface area contributed by atoms with Gasteiger partial charge in [-0.3, -0.25) is 9.59 Å². The third kappa shape index (κ3) is 1.58. The summed E-state index contributed by atoms with van der Waals surface area (Å²) in [5.74, 6) is -2.22. The summed E-state index contributed by atoms with van der Waals surface area (Å²) in [6.07, 6.45) is 1.04. The maximum absolute atomic E-state index is 12.4. The first-order valence-corrected chi connectivity index (χ1v) is 8.24. The minimum absolute atomic E-state index is 0.00289. The summed E-state index contributed by atoms with van der Waals surface area (Å²) >= 11 is 0. The smallest absolute Gasteiger partial charge is 0.189 e. The van der Waals surface area contributed by atoms with Gasteiger partial charge in [0.1, 0.15) is 17.1 Å². The first kappa shape index (κ1) is 15.3. The number of Topliss-reactive ketones (excluding diaryl/α,β-unsaturated/α-hetero) is 1. The van der Waals surface area contributed by atoms with E-state index in [2.05, 4.69) is 0 Å². The highest BCUT2D eigenvalue weighted by molar-refractivity contribution is 6.12. The van der Waals surface area contributed by atoms with Gasteiger partial charge < -0.3 is 20.4 Å². The number of rotatable bonds is 0. The number of ketones is 2. The highest BCUT2D eigenvalue weighted by atomic mass is 16.3. The van der Waals surface area contributed by atoms with Gasteiger partial charge in [-0.2, -0.15) is 0 Å². The molecule has 4 N–H and O–H groups in total. The van der Waals surface area contributed by atoms with Crippen LogP contribution in [0.1, 0.15) is 44.2 Å². The number of phenols is 2. The van der Waals surface area contributed by atoms with Crippen LogP contribution in [0.2, 0.25) is 0 Å². The Morgan fingerprint density at radius 3 is 2.35 bits per heavy atom. The lowest BCUT2D eigenvalue weighted by Gasteiger charge is -2.47. The van der Waals surface area contributed by atoms with E-state index in [-0.39, 0.29) is 34.6 Å². The standard InChI is InChI=1S/C20H14O6/c21-10-3-1-8-9-2-4-11(22)17-12(23)5-6-20(26,18(9)17)19-14(25)7-13(24)16(10)15(8)19/h1-6,14,19,21-22,25-26H,7H2/t14-,19+,20+/m0/s1. The van der Waals surface area contributed by atoms with E-state index in [9.17, 15) is 30.0 Å². The lowest BCUT2D eigenvalue weighted by molar-refractivity contribution is -0.0113. The number of hydrogen-bond acceptors (Lipinski definition) is 6. The minimum atomic E-state index is -1.77. The van der Waals surface area contributed by atoms with Crippen molar-refractivity contribution >= 4 is 11.6 Å². The molecule has 0 spiro atoms. The predicted octanol–water partition coefficient (Wildman–Crippen LogP) is 1.75. The fourth-order valence-corrected chi connectivity index (χ4v) is 4.68. The molecule has 2 aromatic carbocycles. The minimum Gasteiger partial charge on any atom is -0.507 e. The SMILES string of the molecule is O=C1C[C@H](O)[C@@H]2c3c(ccc(O)c31)-c1ccc(O)c3c1[C@]2(O)C=CC3=O. The van der Waals surface area contributed by atoms with Gasteiger partial charge in [-0.1, -0.05) is 12.1 Å². The molecule has 6 nitrogen and oxygen atoms in total. The molecule has 26 heavy (non-hydrogen) atoms. The number of carbonyl (C=O) groups excluding carboxylic acids is 2. The topological polar surface area (TPSA) is 115 Å². The van der Waals surface area contributed by atoms with E-state index in [0.717, 1.165) is 0 Å². The van der Waals surface area contributed by atoms with E-state index in [1.54, 1.807) is 12.1 Å². The van der Waals surface area contributed by atoms with E-state index in [1.807, 2.05) is 0 Å². The van der Waals surface area contributed by atoms with Gasteiger partial charge in [-0.15, -0.1) is 0 Å². The molecule has 0 fully saturated rings. The van der Waals surface area contributed by atoms with Gasteiger partial charge in [0.25, 0.3) is 0 Å². The molecule has 0 heterocycles. The summed E-state index contributed by atoms with van der Waals surface area (Å²) in [5.41, 5.74) is -0.0283. The average Bonchev–Trinajstić information content (AvgIpc) is 2.58. The van der Waals surface area contributed by atoms with Crippen LogP contribution in [0.25, 0.3) is 11.1 Å². The molecule has 0 radical (unpaired) electrons. The van der Waals surface area contributed by atoms with E-state index in [4.69, 9.17) is 0 Å². The number of aromatic hydroxyl groups is 2. The van der Waals surface area contributed by atoms with E-state index < -0.39 is 29.2 Å². The quantitative estimate of drug-likeness (QED) is 0.575. The molecule has 0 bridgehead atoms. The zero-order chi connectivity index (χ0) is 18.4. The van der Waals surface area contributed by atoms with Gasteiger partial charge in [0.05, 0.1) is 17.2 Å². The molecule has 5 rings (SSSR count). The third-order valence-corrected chi connectivity index (χ3v) is 5.68. The molecule has 3 aliphatic rings. The Kier molecular flexibility index (Phi) is 2.71. The number of aliphatic hydroxyl groups is 2. The van der Waals surface area contributed by atoms with Crippen molar-refractivity contribution in [3.8, 4) is 22.6 Å².